The molecule has 19 heavy (non-hydrogen) atoms. The fraction of sp³-hybridized carbons (Fsp3) is 0.846. The van der Waals surface area contributed by atoms with E-state index in [4.69, 9.17) is 10.2 Å². The largest absolute Gasteiger partial charge is 0.395 e. The lowest BCUT2D eigenvalue weighted by molar-refractivity contribution is -0.156. The van der Waals surface area contributed by atoms with Crippen LogP contribution in [0.4, 0.5) is 0 Å². The van der Waals surface area contributed by atoms with Crippen molar-refractivity contribution < 1.29 is 19.8 Å². The molecule has 1 rings (SSSR count). The van der Waals surface area contributed by atoms with Crippen LogP contribution in [-0.2, 0) is 9.59 Å². The molecular formula is C13H24N2O4. The zero-order valence-corrected chi connectivity index (χ0v) is 11.7. The predicted octanol–water partition coefficient (Wildman–Crippen LogP) is -0.411. The van der Waals surface area contributed by atoms with Gasteiger partial charge in [-0.25, -0.2) is 0 Å². The van der Waals surface area contributed by atoms with Gasteiger partial charge in [0, 0.05) is 25.2 Å². The van der Waals surface area contributed by atoms with Crippen LogP contribution in [0.1, 0.15) is 33.1 Å². The average Bonchev–Trinajstić information content (AvgIpc) is 2.37. The highest BCUT2D eigenvalue weighted by atomic mass is 16.3. The molecule has 0 bridgehead atoms. The van der Waals surface area contributed by atoms with Gasteiger partial charge in [-0.1, -0.05) is 0 Å². The van der Waals surface area contributed by atoms with E-state index in [-0.39, 0.29) is 38.4 Å². The van der Waals surface area contributed by atoms with Crippen LogP contribution in [0.3, 0.4) is 0 Å². The molecule has 0 aliphatic carbocycles. The fourth-order valence-corrected chi connectivity index (χ4v) is 2.62. The molecule has 2 N–H and O–H groups in total. The SMILES string of the molecule is CC1CCCC(C)N1C(=O)C(=O)N(CCO)CCO. The standard InChI is InChI=1S/C13H24N2O4/c1-10-4-3-5-11(2)15(10)13(19)12(18)14(6-8-16)7-9-17/h10-11,16-17H,3-9H2,1-2H3. The molecule has 2 atom stereocenters. The van der Waals surface area contributed by atoms with Crippen molar-refractivity contribution in [2.75, 3.05) is 26.3 Å². The normalized spacial score (nSPS) is 23.3. The van der Waals surface area contributed by atoms with Gasteiger partial charge in [0.2, 0.25) is 0 Å². The number of amides is 2. The summed E-state index contributed by atoms with van der Waals surface area (Å²) >= 11 is 0. The van der Waals surface area contributed by atoms with Crippen LogP contribution in [0.5, 0.6) is 0 Å². The number of likely N-dealkylation sites (tertiary alicyclic amines) is 1. The number of aliphatic hydroxyl groups excluding tert-OH is 2. The first-order chi connectivity index (χ1) is 9.02. The zero-order chi connectivity index (χ0) is 14.4. The third-order valence-corrected chi connectivity index (χ3v) is 3.64. The summed E-state index contributed by atoms with van der Waals surface area (Å²) in [5.74, 6) is -1.16. The summed E-state index contributed by atoms with van der Waals surface area (Å²) in [6.45, 7) is 3.60. The molecule has 0 aromatic rings. The minimum atomic E-state index is -0.635. The molecule has 0 saturated carbocycles. The number of carbonyl (C=O) groups is 2. The number of hydrogen-bond acceptors (Lipinski definition) is 4. The van der Waals surface area contributed by atoms with Crippen LogP contribution < -0.4 is 0 Å². The number of carbonyl (C=O) groups excluding carboxylic acids is 2. The molecule has 1 aliphatic heterocycles. The van der Waals surface area contributed by atoms with E-state index in [2.05, 4.69) is 0 Å². The molecule has 2 unspecified atom stereocenters. The maximum atomic E-state index is 12.3. The van der Waals surface area contributed by atoms with E-state index in [9.17, 15) is 9.59 Å². The first-order valence-electron chi connectivity index (χ1n) is 6.86. The summed E-state index contributed by atoms with van der Waals surface area (Å²) in [7, 11) is 0. The molecular weight excluding hydrogens is 248 g/mol. The molecule has 1 aliphatic rings. The maximum Gasteiger partial charge on any atom is 0.312 e. The molecule has 1 heterocycles. The summed E-state index contributed by atoms with van der Waals surface area (Å²) in [6.07, 6.45) is 2.88. The Labute approximate surface area is 114 Å². The van der Waals surface area contributed by atoms with Crippen molar-refractivity contribution in [1.82, 2.24) is 9.80 Å². The molecule has 2 amide bonds. The Kier molecular flexibility index (Phi) is 6.24. The number of nitrogens with zero attached hydrogens (tertiary/aromatic N) is 2. The molecule has 0 aromatic heterocycles. The van der Waals surface area contributed by atoms with Crippen molar-refractivity contribution in [3.63, 3.8) is 0 Å². The Bertz CT molecular complexity index is 306. The van der Waals surface area contributed by atoms with E-state index in [1.54, 1.807) is 4.90 Å². The van der Waals surface area contributed by atoms with Crippen LogP contribution in [0, 0.1) is 0 Å². The highest BCUT2D eigenvalue weighted by Crippen LogP contribution is 2.22. The monoisotopic (exact) mass is 272 g/mol. The molecule has 0 radical (unpaired) electrons. The lowest BCUT2D eigenvalue weighted by Gasteiger charge is -2.39. The van der Waals surface area contributed by atoms with Crippen molar-refractivity contribution in [3.8, 4) is 0 Å². The van der Waals surface area contributed by atoms with Crippen molar-refractivity contribution in [1.29, 1.82) is 0 Å². The zero-order valence-electron chi connectivity index (χ0n) is 11.7. The Morgan fingerprint density at radius 1 is 1.11 bits per heavy atom. The van der Waals surface area contributed by atoms with Gasteiger partial charge in [-0.3, -0.25) is 9.59 Å². The molecule has 1 saturated heterocycles. The van der Waals surface area contributed by atoms with E-state index in [0.29, 0.717) is 0 Å². The Balaban J connectivity index is 2.75. The van der Waals surface area contributed by atoms with Gasteiger partial charge in [0.1, 0.15) is 0 Å². The van der Waals surface area contributed by atoms with Gasteiger partial charge in [0.15, 0.2) is 0 Å². The topological polar surface area (TPSA) is 81.1 Å². The van der Waals surface area contributed by atoms with Crippen LogP contribution in [0.25, 0.3) is 0 Å². The van der Waals surface area contributed by atoms with Crippen LogP contribution in [0.15, 0.2) is 0 Å². The van der Waals surface area contributed by atoms with Crippen LogP contribution >= 0.6 is 0 Å². The van der Waals surface area contributed by atoms with Crippen LogP contribution in [-0.4, -0.2) is 70.2 Å². The van der Waals surface area contributed by atoms with E-state index in [1.807, 2.05) is 13.8 Å². The van der Waals surface area contributed by atoms with Gasteiger partial charge in [-0.15, -0.1) is 0 Å². The highest BCUT2D eigenvalue weighted by molar-refractivity contribution is 6.35. The number of aliphatic hydroxyl groups is 2. The third kappa shape index (κ3) is 3.91. The summed E-state index contributed by atoms with van der Waals surface area (Å²) in [5, 5.41) is 17.8. The van der Waals surface area contributed by atoms with Gasteiger partial charge in [-0.2, -0.15) is 0 Å². The average molecular weight is 272 g/mol. The minimum Gasteiger partial charge on any atom is -0.395 e. The summed E-state index contributed by atoms with van der Waals surface area (Å²) < 4.78 is 0. The van der Waals surface area contributed by atoms with Gasteiger partial charge >= 0.3 is 11.8 Å². The molecule has 0 spiro atoms. The van der Waals surface area contributed by atoms with Crippen molar-refractivity contribution >= 4 is 11.8 Å². The third-order valence-electron chi connectivity index (χ3n) is 3.64. The number of rotatable bonds is 4. The van der Waals surface area contributed by atoms with E-state index < -0.39 is 11.8 Å². The van der Waals surface area contributed by atoms with Crippen molar-refractivity contribution in [2.24, 2.45) is 0 Å². The molecule has 6 heteroatoms. The van der Waals surface area contributed by atoms with Gasteiger partial charge < -0.3 is 20.0 Å². The van der Waals surface area contributed by atoms with Gasteiger partial charge in [0.25, 0.3) is 0 Å². The maximum absolute atomic E-state index is 12.3. The first-order valence-corrected chi connectivity index (χ1v) is 6.86. The summed E-state index contributed by atoms with van der Waals surface area (Å²) in [6, 6.07) is 0.121. The lowest BCUT2D eigenvalue weighted by Crippen LogP contribution is -2.54. The smallest absolute Gasteiger partial charge is 0.312 e. The second kappa shape index (κ2) is 7.45. The number of piperidine rings is 1. The van der Waals surface area contributed by atoms with Gasteiger partial charge in [0.05, 0.1) is 13.2 Å². The van der Waals surface area contributed by atoms with Crippen molar-refractivity contribution in [2.45, 2.75) is 45.2 Å². The Morgan fingerprint density at radius 2 is 1.58 bits per heavy atom. The minimum absolute atomic E-state index is 0.0605. The van der Waals surface area contributed by atoms with E-state index in [1.165, 1.54) is 4.90 Å². The first kappa shape index (κ1) is 15.9. The molecule has 6 nitrogen and oxygen atoms in total. The lowest BCUT2D eigenvalue weighted by atomic mass is 9.97. The second-order valence-electron chi connectivity index (χ2n) is 5.08. The van der Waals surface area contributed by atoms with Gasteiger partial charge in [-0.05, 0) is 33.1 Å². The van der Waals surface area contributed by atoms with E-state index >= 15 is 0 Å². The molecule has 0 aromatic carbocycles. The quantitative estimate of drug-likeness (QED) is 0.682. The van der Waals surface area contributed by atoms with E-state index in [0.717, 1.165) is 19.3 Å². The fourth-order valence-electron chi connectivity index (χ4n) is 2.62. The second-order valence-corrected chi connectivity index (χ2v) is 5.08. The predicted molar refractivity (Wildman–Crippen MR) is 70.4 cm³/mol. The Morgan fingerprint density at radius 3 is 2.00 bits per heavy atom. The van der Waals surface area contributed by atoms with Crippen LogP contribution in [0.2, 0.25) is 0 Å². The molecule has 1 fully saturated rings. The summed E-state index contributed by atoms with van der Waals surface area (Å²) in [4.78, 5) is 27.2. The Hall–Kier alpha value is -1.14. The number of hydrogen-bond donors (Lipinski definition) is 2. The highest BCUT2D eigenvalue weighted by Gasteiger charge is 2.34. The summed E-state index contributed by atoms with van der Waals surface area (Å²) in [5.41, 5.74) is 0. The van der Waals surface area contributed by atoms with Crippen molar-refractivity contribution in [3.05, 3.63) is 0 Å². The molecule has 110 valence electrons.